The summed E-state index contributed by atoms with van der Waals surface area (Å²) in [5.41, 5.74) is 3.00. The lowest BCUT2D eigenvalue weighted by Crippen LogP contribution is -2.34. The second kappa shape index (κ2) is 2.39. The van der Waals surface area contributed by atoms with E-state index >= 15 is 0 Å². The van der Waals surface area contributed by atoms with Crippen LogP contribution in [0.5, 0.6) is 0 Å². The van der Waals surface area contributed by atoms with Crippen molar-refractivity contribution in [2.45, 2.75) is 41.5 Å². The van der Waals surface area contributed by atoms with E-state index in [1.165, 1.54) is 11.1 Å². The Morgan fingerprint density at radius 1 is 1.00 bits per heavy atom. The smallest absolute Gasteiger partial charge is 0.0350 e. The monoisotopic (exact) mass is 162 g/mol. The Hall–Kier alpha value is -0.700. The summed E-state index contributed by atoms with van der Waals surface area (Å²) in [6.45, 7) is 13.3. The molecule has 0 amide bonds. The summed E-state index contributed by atoms with van der Waals surface area (Å²) >= 11 is 0. The van der Waals surface area contributed by atoms with Crippen LogP contribution in [-0.4, -0.2) is 0 Å². The molecule has 66 valence electrons. The summed E-state index contributed by atoms with van der Waals surface area (Å²) in [5.74, 6) is 6.53. The molecule has 1 rings (SSSR count). The average molecular weight is 162 g/mol. The van der Waals surface area contributed by atoms with Crippen LogP contribution in [0.3, 0.4) is 0 Å². The van der Waals surface area contributed by atoms with E-state index in [4.69, 9.17) is 0 Å². The van der Waals surface area contributed by atoms with Crippen LogP contribution in [0, 0.1) is 22.7 Å². The van der Waals surface area contributed by atoms with Crippen LogP contribution in [0.15, 0.2) is 11.1 Å². The van der Waals surface area contributed by atoms with E-state index in [0.717, 1.165) is 0 Å². The van der Waals surface area contributed by atoms with Crippen molar-refractivity contribution in [1.82, 2.24) is 0 Å². The molecule has 0 saturated heterocycles. The van der Waals surface area contributed by atoms with Gasteiger partial charge in [0.15, 0.2) is 0 Å². The molecule has 0 heteroatoms. The van der Waals surface area contributed by atoms with Gasteiger partial charge in [0.2, 0.25) is 0 Å². The zero-order valence-corrected chi connectivity index (χ0v) is 9.00. The molecule has 0 aromatic rings. The Morgan fingerprint density at radius 2 is 1.50 bits per heavy atom. The van der Waals surface area contributed by atoms with Gasteiger partial charge in [0.05, 0.1) is 0 Å². The summed E-state index contributed by atoms with van der Waals surface area (Å²) in [4.78, 5) is 0. The van der Waals surface area contributed by atoms with Gasteiger partial charge in [0.25, 0.3) is 0 Å². The summed E-state index contributed by atoms with van der Waals surface area (Å²) in [6.07, 6.45) is 0. The highest BCUT2D eigenvalue weighted by atomic mass is 14.4. The molecular weight excluding hydrogens is 144 g/mol. The molecule has 0 heterocycles. The summed E-state index contributed by atoms with van der Waals surface area (Å²) in [5, 5.41) is 0. The van der Waals surface area contributed by atoms with Gasteiger partial charge >= 0.3 is 0 Å². The number of rotatable bonds is 0. The van der Waals surface area contributed by atoms with Crippen LogP contribution >= 0.6 is 0 Å². The highest BCUT2D eigenvalue weighted by molar-refractivity contribution is 5.42. The van der Waals surface area contributed by atoms with Crippen molar-refractivity contribution in [3.8, 4) is 11.8 Å². The van der Waals surface area contributed by atoms with Gasteiger partial charge in [0, 0.05) is 10.8 Å². The van der Waals surface area contributed by atoms with E-state index in [0.29, 0.717) is 0 Å². The van der Waals surface area contributed by atoms with Crippen LogP contribution in [-0.2, 0) is 0 Å². The first-order chi connectivity index (χ1) is 5.29. The molecule has 0 spiro atoms. The molecule has 0 unspecified atom stereocenters. The van der Waals surface area contributed by atoms with Crippen molar-refractivity contribution < 1.29 is 0 Å². The molecular formula is C12H18. The second-order valence-electron chi connectivity index (χ2n) is 4.75. The first-order valence-electron chi connectivity index (χ1n) is 4.50. The molecule has 1 aliphatic rings. The summed E-state index contributed by atoms with van der Waals surface area (Å²) < 4.78 is 0. The van der Waals surface area contributed by atoms with Crippen LogP contribution in [0.25, 0.3) is 0 Å². The fraction of sp³-hybridized carbons (Fsp3) is 0.667. The molecule has 1 aliphatic carbocycles. The van der Waals surface area contributed by atoms with Gasteiger partial charge in [0.1, 0.15) is 0 Å². The first-order valence-corrected chi connectivity index (χ1v) is 4.50. The first kappa shape index (κ1) is 9.39. The molecule has 0 aromatic heterocycles. The third kappa shape index (κ3) is 1.08. The van der Waals surface area contributed by atoms with E-state index in [2.05, 4.69) is 53.4 Å². The molecule has 0 N–H and O–H groups in total. The van der Waals surface area contributed by atoms with Gasteiger partial charge in [-0.3, -0.25) is 0 Å². The maximum atomic E-state index is 3.32. The third-order valence-corrected chi connectivity index (χ3v) is 3.62. The molecule has 0 fully saturated rings. The Bertz CT molecular complexity index is 290. The number of allylic oxidation sites excluding steroid dienone is 2. The predicted octanol–water partition coefficient (Wildman–Crippen LogP) is 3.39. The van der Waals surface area contributed by atoms with Crippen LogP contribution in [0.2, 0.25) is 0 Å². The zero-order valence-electron chi connectivity index (χ0n) is 9.00. The van der Waals surface area contributed by atoms with Crippen molar-refractivity contribution in [3.05, 3.63) is 11.1 Å². The molecule has 12 heavy (non-hydrogen) atoms. The molecule has 0 nitrogen and oxygen atoms in total. The molecule has 0 radical (unpaired) electrons. The van der Waals surface area contributed by atoms with Gasteiger partial charge in [-0.1, -0.05) is 31.3 Å². The van der Waals surface area contributed by atoms with Gasteiger partial charge in [-0.15, -0.1) is 0 Å². The minimum Gasteiger partial charge on any atom is -0.0911 e. The quantitative estimate of drug-likeness (QED) is 0.479. The fourth-order valence-corrected chi connectivity index (χ4v) is 1.44. The van der Waals surface area contributed by atoms with Crippen LogP contribution < -0.4 is 0 Å². The van der Waals surface area contributed by atoms with Crippen LogP contribution in [0.1, 0.15) is 41.5 Å². The standard InChI is InChI=1S/C12H18/c1-9-7-8-11(3,4)12(5,6)10(9)2/h1-6H3. The SMILES string of the molecule is CC1=C(C)C(C)(C)C(C)(C)C#C1. The van der Waals surface area contributed by atoms with Crippen molar-refractivity contribution in [2.75, 3.05) is 0 Å². The minimum atomic E-state index is 0.108. The summed E-state index contributed by atoms with van der Waals surface area (Å²) in [7, 11) is 0. The van der Waals surface area contributed by atoms with E-state index in [1.807, 2.05) is 0 Å². The lowest BCUT2D eigenvalue weighted by molar-refractivity contribution is 0.223. The van der Waals surface area contributed by atoms with E-state index in [-0.39, 0.29) is 10.8 Å². The Labute approximate surface area is 76.1 Å². The third-order valence-electron chi connectivity index (χ3n) is 3.62. The normalized spacial score (nSPS) is 24.8. The lowest BCUT2D eigenvalue weighted by atomic mass is 9.62. The average Bonchev–Trinajstić information content (AvgIpc) is 1.96. The molecule has 0 aliphatic heterocycles. The molecule has 0 aromatic carbocycles. The molecule has 0 bridgehead atoms. The topological polar surface area (TPSA) is 0 Å². The van der Waals surface area contributed by atoms with Gasteiger partial charge in [-0.2, -0.15) is 0 Å². The summed E-state index contributed by atoms with van der Waals surface area (Å²) in [6, 6.07) is 0. The lowest BCUT2D eigenvalue weighted by Gasteiger charge is -2.41. The van der Waals surface area contributed by atoms with Crippen molar-refractivity contribution in [3.63, 3.8) is 0 Å². The molecule has 0 atom stereocenters. The Kier molecular flexibility index (Phi) is 1.87. The Morgan fingerprint density at radius 3 is 1.92 bits per heavy atom. The van der Waals surface area contributed by atoms with Gasteiger partial charge < -0.3 is 0 Å². The van der Waals surface area contributed by atoms with Crippen LogP contribution in [0.4, 0.5) is 0 Å². The van der Waals surface area contributed by atoms with E-state index in [1.54, 1.807) is 0 Å². The largest absolute Gasteiger partial charge is 0.0911 e. The molecule has 0 saturated carbocycles. The zero-order chi connectivity index (χ0) is 9.57. The predicted molar refractivity (Wildman–Crippen MR) is 53.7 cm³/mol. The number of hydrogen-bond donors (Lipinski definition) is 0. The fourth-order valence-electron chi connectivity index (χ4n) is 1.44. The minimum absolute atomic E-state index is 0.108. The van der Waals surface area contributed by atoms with E-state index < -0.39 is 0 Å². The highest BCUT2D eigenvalue weighted by Crippen LogP contribution is 2.46. The van der Waals surface area contributed by atoms with Crippen molar-refractivity contribution >= 4 is 0 Å². The second-order valence-corrected chi connectivity index (χ2v) is 4.75. The maximum absolute atomic E-state index is 3.32. The van der Waals surface area contributed by atoms with E-state index in [9.17, 15) is 0 Å². The van der Waals surface area contributed by atoms with Crippen molar-refractivity contribution in [2.24, 2.45) is 10.8 Å². The highest BCUT2D eigenvalue weighted by Gasteiger charge is 2.39. The Balaban J connectivity index is 3.28. The van der Waals surface area contributed by atoms with Crippen molar-refractivity contribution in [1.29, 1.82) is 0 Å². The van der Waals surface area contributed by atoms with Gasteiger partial charge in [-0.25, -0.2) is 0 Å². The van der Waals surface area contributed by atoms with Gasteiger partial charge in [-0.05, 0) is 33.3 Å². The number of hydrogen-bond acceptors (Lipinski definition) is 0. The maximum Gasteiger partial charge on any atom is 0.0350 e.